The summed E-state index contributed by atoms with van der Waals surface area (Å²) < 4.78 is 34.9. The van der Waals surface area contributed by atoms with Gasteiger partial charge in [0.2, 0.25) is 5.75 Å². The number of rotatable bonds is 7. The predicted octanol–water partition coefficient (Wildman–Crippen LogP) is 4.98. The van der Waals surface area contributed by atoms with Gasteiger partial charge in [-0.05, 0) is 53.5 Å². The van der Waals surface area contributed by atoms with Gasteiger partial charge in [-0.3, -0.25) is 0 Å². The number of hydrogen-bond acceptors (Lipinski definition) is 4. The van der Waals surface area contributed by atoms with Gasteiger partial charge < -0.3 is 18.9 Å². The molecule has 0 saturated carbocycles. The fourth-order valence-corrected chi connectivity index (χ4v) is 2.59. The Morgan fingerprint density at radius 2 is 1.46 bits per heavy atom. The Morgan fingerprint density at radius 3 is 1.92 bits per heavy atom. The monoisotopic (exact) mass is 358 g/mol. The molecule has 0 aliphatic carbocycles. The van der Waals surface area contributed by atoms with Crippen LogP contribution >= 0.6 is 0 Å². The molecule has 0 heterocycles. The Kier molecular flexibility index (Phi) is 6.28. The Labute approximate surface area is 153 Å². The van der Waals surface area contributed by atoms with E-state index in [1.807, 2.05) is 25.1 Å². The van der Waals surface area contributed by atoms with E-state index in [2.05, 4.69) is 6.58 Å². The first-order valence-electron chi connectivity index (χ1n) is 7.96. The number of halogens is 1. The van der Waals surface area contributed by atoms with E-state index < -0.39 is 5.82 Å². The molecule has 0 radical (unpaired) electrons. The Bertz CT molecular complexity index is 815. The lowest BCUT2D eigenvalue weighted by molar-refractivity contribution is 0.324. The SMILES string of the molecule is C=C(/C(C)=C/c1ccc(OC)c(F)c1)c1cc(OC)c(OC)c(OC)c1. The minimum absolute atomic E-state index is 0.211. The second kappa shape index (κ2) is 8.43. The molecule has 0 saturated heterocycles. The molecule has 0 spiro atoms. The average molecular weight is 358 g/mol. The first kappa shape index (κ1) is 19.4. The molecule has 5 heteroatoms. The van der Waals surface area contributed by atoms with Crippen molar-refractivity contribution in [3.63, 3.8) is 0 Å². The normalized spacial score (nSPS) is 11.1. The second-order valence-corrected chi connectivity index (χ2v) is 5.61. The van der Waals surface area contributed by atoms with Crippen LogP contribution in [0.3, 0.4) is 0 Å². The highest BCUT2D eigenvalue weighted by Crippen LogP contribution is 2.40. The van der Waals surface area contributed by atoms with Gasteiger partial charge in [-0.25, -0.2) is 4.39 Å². The Hall–Kier alpha value is -2.95. The fourth-order valence-electron chi connectivity index (χ4n) is 2.59. The number of allylic oxidation sites excluding steroid dienone is 2. The van der Waals surface area contributed by atoms with Crippen LogP contribution in [0.25, 0.3) is 11.6 Å². The van der Waals surface area contributed by atoms with Gasteiger partial charge in [-0.2, -0.15) is 0 Å². The Balaban J connectivity index is 2.40. The standard InChI is InChI=1S/C21H23FO4/c1-13(9-15-7-8-18(23-3)17(22)10-15)14(2)16-11-19(24-4)21(26-6)20(12-16)25-5/h7-12H,2H2,1,3-6H3/b13-9+. The van der Waals surface area contributed by atoms with Crippen molar-refractivity contribution in [1.29, 1.82) is 0 Å². The molecule has 2 aromatic carbocycles. The molecule has 0 N–H and O–H groups in total. The molecule has 138 valence electrons. The lowest BCUT2D eigenvalue weighted by atomic mass is 9.98. The lowest BCUT2D eigenvalue weighted by Crippen LogP contribution is -1.97. The molecule has 0 aliphatic heterocycles. The van der Waals surface area contributed by atoms with Gasteiger partial charge in [0.15, 0.2) is 23.1 Å². The summed E-state index contributed by atoms with van der Waals surface area (Å²) in [6.07, 6.45) is 1.86. The maximum absolute atomic E-state index is 13.9. The van der Waals surface area contributed by atoms with Gasteiger partial charge in [0, 0.05) is 0 Å². The largest absolute Gasteiger partial charge is 0.494 e. The van der Waals surface area contributed by atoms with Crippen molar-refractivity contribution in [3.05, 3.63) is 59.4 Å². The molecular weight excluding hydrogens is 335 g/mol. The van der Waals surface area contributed by atoms with Gasteiger partial charge in [0.1, 0.15) is 0 Å². The third kappa shape index (κ3) is 3.99. The van der Waals surface area contributed by atoms with E-state index in [1.165, 1.54) is 13.2 Å². The van der Waals surface area contributed by atoms with Crippen molar-refractivity contribution in [2.75, 3.05) is 28.4 Å². The summed E-state index contributed by atoms with van der Waals surface area (Å²) >= 11 is 0. The molecule has 0 aliphatic rings. The summed E-state index contributed by atoms with van der Waals surface area (Å²) in [5.41, 5.74) is 3.18. The molecule has 0 unspecified atom stereocenters. The van der Waals surface area contributed by atoms with E-state index in [-0.39, 0.29) is 5.75 Å². The van der Waals surface area contributed by atoms with Crippen LogP contribution in [0.1, 0.15) is 18.1 Å². The average Bonchev–Trinajstić information content (AvgIpc) is 2.66. The first-order valence-corrected chi connectivity index (χ1v) is 7.96. The molecule has 4 nitrogen and oxygen atoms in total. The molecule has 0 aromatic heterocycles. The van der Waals surface area contributed by atoms with Gasteiger partial charge >= 0.3 is 0 Å². The van der Waals surface area contributed by atoms with Crippen molar-refractivity contribution in [1.82, 2.24) is 0 Å². The van der Waals surface area contributed by atoms with Crippen LogP contribution in [0.15, 0.2) is 42.5 Å². The number of methoxy groups -OCH3 is 4. The highest BCUT2D eigenvalue weighted by molar-refractivity contribution is 5.84. The second-order valence-electron chi connectivity index (χ2n) is 5.61. The van der Waals surface area contributed by atoms with E-state index in [9.17, 15) is 4.39 Å². The highest BCUT2D eigenvalue weighted by atomic mass is 19.1. The van der Waals surface area contributed by atoms with Crippen LogP contribution in [0, 0.1) is 5.82 Å². The topological polar surface area (TPSA) is 36.9 Å². The summed E-state index contributed by atoms with van der Waals surface area (Å²) in [7, 11) is 6.11. The van der Waals surface area contributed by atoms with Gasteiger partial charge in [0.25, 0.3) is 0 Å². The number of ether oxygens (including phenoxy) is 4. The summed E-state index contributed by atoms with van der Waals surface area (Å²) in [6, 6.07) is 8.46. The third-order valence-electron chi connectivity index (χ3n) is 4.05. The van der Waals surface area contributed by atoms with Crippen molar-refractivity contribution < 1.29 is 23.3 Å². The van der Waals surface area contributed by atoms with Crippen LogP contribution in [0.5, 0.6) is 23.0 Å². The van der Waals surface area contributed by atoms with Crippen LogP contribution in [0.2, 0.25) is 0 Å². The van der Waals surface area contributed by atoms with Gasteiger partial charge in [0.05, 0.1) is 28.4 Å². The van der Waals surface area contributed by atoms with E-state index in [0.717, 1.165) is 22.3 Å². The molecule has 0 bridgehead atoms. The summed E-state index contributed by atoms with van der Waals surface area (Å²) in [4.78, 5) is 0. The number of hydrogen-bond donors (Lipinski definition) is 0. The van der Waals surface area contributed by atoms with E-state index in [1.54, 1.807) is 33.5 Å². The van der Waals surface area contributed by atoms with E-state index >= 15 is 0 Å². The number of benzene rings is 2. The predicted molar refractivity (Wildman–Crippen MR) is 102 cm³/mol. The first-order chi connectivity index (χ1) is 12.4. The maximum Gasteiger partial charge on any atom is 0.203 e. The van der Waals surface area contributed by atoms with Crippen LogP contribution in [0.4, 0.5) is 4.39 Å². The van der Waals surface area contributed by atoms with Crippen LogP contribution < -0.4 is 18.9 Å². The third-order valence-corrected chi connectivity index (χ3v) is 4.05. The van der Waals surface area contributed by atoms with Crippen molar-refractivity contribution in [2.24, 2.45) is 0 Å². The summed E-state index contributed by atoms with van der Waals surface area (Å²) in [5.74, 6) is 1.42. The van der Waals surface area contributed by atoms with Crippen molar-refractivity contribution >= 4 is 11.6 Å². The minimum Gasteiger partial charge on any atom is -0.494 e. The van der Waals surface area contributed by atoms with Crippen molar-refractivity contribution in [2.45, 2.75) is 6.92 Å². The molecule has 2 rings (SSSR count). The zero-order valence-corrected chi connectivity index (χ0v) is 15.7. The molecule has 0 atom stereocenters. The zero-order chi connectivity index (χ0) is 19.3. The van der Waals surface area contributed by atoms with E-state index in [4.69, 9.17) is 18.9 Å². The van der Waals surface area contributed by atoms with Crippen molar-refractivity contribution in [3.8, 4) is 23.0 Å². The summed E-state index contributed by atoms with van der Waals surface area (Å²) in [6.45, 7) is 6.06. The van der Waals surface area contributed by atoms with E-state index in [0.29, 0.717) is 17.2 Å². The molecule has 0 amide bonds. The fraction of sp³-hybridized carbons (Fsp3) is 0.238. The minimum atomic E-state index is -0.410. The molecule has 2 aromatic rings. The maximum atomic E-state index is 13.9. The van der Waals surface area contributed by atoms with Gasteiger partial charge in [-0.15, -0.1) is 0 Å². The zero-order valence-electron chi connectivity index (χ0n) is 15.7. The molecule has 0 fully saturated rings. The Morgan fingerprint density at radius 1 is 0.885 bits per heavy atom. The van der Waals surface area contributed by atoms with Crippen LogP contribution in [-0.2, 0) is 0 Å². The van der Waals surface area contributed by atoms with Gasteiger partial charge in [-0.1, -0.05) is 18.7 Å². The molecular formula is C21H23FO4. The lowest BCUT2D eigenvalue weighted by Gasteiger charge is -2.15. The highest BCUT2D eigenvalue weighted by Gasteiger charge is 2.15. The van der Waals surface area contributed by atoms with Crippen LogP contribution in [-0.4, -0.2) is 28.4 Å². The summed E-state index contributed by atoms with van der Waals surface area (Å²) in [5, 5.41) is 0. The smallest absolute Gasteiger partial charge is 0.203 e. The quantitative estimate of drug-likeness (QED) is 0.655. The molecule has 26 heavy (non-hydrogen) atoms.